The fourth-order valence-electron chi connectivity index (χ4n) is 4.63. The fourth-order valence-corrected chi connectivity index (χ4v) is 4.63. The van der Waals surface area contributed by atoms with E-state index in [0.717, 1.165) is 23.9 Å². The maximum absolute atomic E-state index is 9.94. The Morgan fingerprint density at radius 3 is 1.75 bits per heavy atom. The van der Waals surface area contributed by atoms with E-state index < -0.39 is 5.54 Å². The van der Waals surface area contributed by atoms with Crippen molar-refractivity contribution < 1.29 is 5.11 Å². The highest BCUT2D eigenvalue weighted by Gasteiger charge is 2.35. The molecule has 0 amide bonds. The molecule has 0 atom stereocenters. The topological polar surface area (TPSA) is 48.0 Å². The van der Waals surface area contributed by atoms with Crippen LogP contribution in [0.4, 0.5) is 0 Å². The summed E-state index contributed by atoms with van der Waals surface area (Å²) in [6.45, 7) is 0.765. The molecular weight excluding hydrogens is 392 g/mol. The first-order chi connectivity index (χ1) is 15.8. The minimum atomic E-state index is -0.474. The molecule has 0 radical (unpaired) electrons. The summed E-state index contributed by atoms with van der Waals surface area (Å²) in [6, 6.07) is 37.4. The lowest BCUT2D eigenvalue weighted by Crippen LogP contribution is -2.45. The highest BCUT2D eigenvalue weighted by molar-refractivity contribution is 5.84. The van der Waals surface area contributed by atoms with Crippen molar-refractivity contribution in [3.8, 4) is 5.75 Å². The quantitative estimate of drug-likeness (QED) is 0.284. The minimum absolute atomic E-state index is 0.290. The van der Waals surface area contributed by atoms with Gasteiger partial charge >= 0.3 is 0 Å². The number of aromatic hydroxyl groups is 1. The fraction of sp³-hybridized carbons (Fsp3) is 0.103. The van der Waals surface area contributed by atoms with Gasteiger partial charge in [0.2, 0.25) is 0 Å². The maximum atomic E-state index is 9.94. The van der Waals surface area contributed by atoms with Crippen molar-refractivity contribution >= 4 is 10.9 Å². The monoisotopic (exact) mass is 418 g/mol. The summed E-state index contributed by atoms with van der Waals surface area (Å²) in [5.41, 5.74) is 5.36. The molecule has 0 saturated heterocycles. The molecule has 0 aliphatic heterocycles. The van der Waals surface area contributed by atoms with Crippen LogP contribution in [0.3, 0.4) is 0 Å². The number of benzene rings is 4. The van der Waals surface area contributed by atoms with Gasteiger partial charge in [-0.15, -0.1) is 0 Å². The number of phenols is 1. The smallest absolute Gasteiger partial charge is 0.116 e. The first-order valence-corrected chi connectivity index (χ1v) is 11.0. The van der Waals surface area contributed by atoms with E-state index >= 15 is 0 Å². The first-order valence-electron chi connectivity index (χ1n) is 11.0. The average molecular weight is 419 g/mol. The molecule has 1 heterocycles. The number of fused-ring (bicyclic) bond motifs is 1. The number of hydrogen-bond donors (Lipinski definition) is 3. The largest absolute Gasteiger partial charge is 0.508 e. The van der Waals surface area contributed by atoms with E-state index in [2.05, 4.69) is 101 Å². The Labute approximate surface area is 188 Å². The van der Waals surface area contributed by atoms with Crippen LogP contribution in [0.15, 0.2) is 115 Å². The van der Waals surface area contributed by atoms with Crippen molar-refractivity contribution in [1.29, 1.82) is 0 Å². The number of nitrogens with one attached hydrogen (secondary N) is 2. The van der Waals surface area contributed by atoms with Crippen LogP contribution in [0.25, 0.3) is 10.9 Å². The van der Waals surface area contributed by atoms with Crippen molar-refractivity contribution in [2.45, 2.75) is 12.0 Å². The van der Waals surface area contributed by atoms with Crippen molar-refractivity contribution in [1.82, 2.24) is 10.3 Å². The van der Waals surface area contributed by atoms with Crippen LogP contribution in [0.5, 0.6) is 5.75 Å². The molecule has 0 unspecified atom stereocenters. The Morgan fingerprint density at radius 2 is 1.22 bits per heavy atom. The Kier molecular flexibility index (Phi) is 5.49. The summed E-state index contributed by atoms with van der Waals surface area (Å²) in [5, 5.41) is 14.9. The molecule has 0 aliphatic rings. The molecule has 158 valence electrons. The van der Waals surface area contributed by atoms with Gasteiger partial charge in [0.25, 0.3) is 0 Å². The zero-order valence-corrected chi connectivity index (χ0v) is 17.8. The van der Waals surface area contributed by atoms with Gasteiger partial charge < -0.3 is 10.1 Å². The van der Waals surface area contributed by atoms with E-state index in [1.54, 1.807) is 6.07 Å². The van der Waals surface area contributed by atoms with Crippen molar-refractivity contribution in [3.63, 3.8) is 0 Å². The molecule has 3 nitrogen and oxygen atoms in total. The zero-order chi connectivity index (χ0) is 21.8. The van der Waals surface area contributed by atoms with Crippen LogP contribution in [0.1, 0.15) is 22.3 Å². The summed E-state index contributed by atoms with van der Waals surface area (Å²) in [5.74, 6) is 0.290. The molecule has 0 spiro atoms. The summed E-state index contributed by atoms with van der Waals surface area (Å²) in [6.07, 6.45) is 2.87. The minimum Gasteiger partial charge on any atom is -0.508 e. The van der Waals surface area contributed by atoms with Gasteiger partial charge in [0, 0.05) is 23.6 Å². The Hall–Kier alpha value is -3.82. The van der Waals surface area contributed by atoms with Crippen LogP contribution < -0.4 is 5.32 Å². The van der Waals surface area contributed by atoms with Gasteiger partial charge in [0.05, 0.1) is 5.54 Å². The number of aromatic amines is 1. The van der Waals surface area contributed by atoms with E-state index in [9.17, 15) is 5.11 Å². The van der Waals surface area contributed by atoms with E-state index in [0.29, 0.717) is 5.75 Å². The van der Waals surface area contributed by atoms with Crippen LogP contribution in [-0.4, -0.2) is 16.6 Å². The molecule has 0 bridgehead atoms. The molecular formula is C29H26N2O. The number of rotatable bonds is 7. The van der Waals surface area contributed by atoms with E-state index in [4.69, 9.17) is 0 Å². The summed E-state index contributed by atoms with van der Waals surface area (Å²) in [4.78, 5) is 3.32. The van der Waals surface area contributed by atoms with Gasteiger partial charge in [-0.2, -0.15) is 0 Å². The van der Waals surface area contributed by atoms with Gasteiger partial charge in [-0.3, -0.25) is 5.32 Å². The lowest BCUT2D eigenvalue weighted by atomic mass is 9.77. The number of aromatic nitrogens is 1. The van der Waals surface area contributed by atoms with Crippen LogP contribution >= 0.6 is 0 Å². The third kappa shape index (κ3) is 3.68. The van der Waals surface area contributed by atoms with Crippen LogP contribution in [-0.2, 0) is 12.0 Å². The van der Waals surface area contributed by atoms with Crippen molar-refractivity contribution in [2.75, 3.05) is 6.54 Å². The normalized spacial score (nSPS) is 11.6. The highest BCUT2D eigenvalue weighted by Crippen LogP contribution is 2.36. The Morgan fingerprint density at radius 1 is 0.688 bits per heavy atom. The standard InChI is InChI=1S/C29H26N2O/c32-26-16-17-28-27(20-26)22(21-30-28)18-19-31-29(23-10-4-1-5-11-23,24-12-6-2-7-13-24)25-14-8-3-9-15-25/h1-17,20-21,30-32H,18-19H2. The first kappa shape index (κ1) is 20.1. The predicted octanol–water partition coefficient (Wildman–Crippen LogP) is 6.00. The van der Waals surface area contributed by atoms with Crippen LogP contribution in [0, 0.1) is 0 Å². The van der Waals surface area contributed by atoms with Gasteiger partial charge in [-0.25, -0.2) is 0 Å². The van der Waals surface area contributed by atoms with E-state index in [-0.39, 0.29) is 0 Å². The summed E-state index contributed by atoms with van der Waals surface area (Å²) < 4.78 is 0. The average Bonchev–Trinajstić information content (AvgIpc) is 3.25. The third-order valence-corrected chi connectivity index (χ3v) is 6.16. The summed E-state index contributed by atoms with van der Waals surface area (Å²) >= 11 is 0. The second-order valence-electron chi connectivity index (χ2n) is 8.07. The molecule has 1 aromatic heterocycles. The molecule has 3 heteroatoms. The van der Waals surface area contributed by atoms with Crippen molar-refractivity contribution in [3.05, 3.63) is 138 Å². The zero-order valence-electron chi connectivity index (χ0n) is 17.8. The molecule has 3 N–H and O–H groups in total. The lowest BCUT2D eigenvalue weighted by Gasteiger charge is -2.37. The summed E-state index contributed by atoms with van der Waals surface area (Å²) in [7, 11) is 0. The molecule has 0 saturated carbocycles. The van der Waals surface area contributed by atoms with Crippen molar-refractivity contribution in [2.24, 2.45) is 0 Å². The molecule has 0 aliphatic carbocycles. The molecule has 5 aromatic rings. The number of hydrogen-bond acceptors (Lipinski definition) is 2. The molecule has 5 rings (SSSR count). The molecule has 0 fully saturated rings. The maximum Gasteiger partial charge on any atom is 0.116 e. The second kappa shape index (κ2) is 8.74. The van der Waals surface area contributed by atoms with Gasteiger partial charge in [-0.05, 0) is 46.9 Å². The lowest BCUT2D eigenvalue weighted by molar-refractivity contribution is 0.474. The Balaban J connectivity index is 1.56. The Bertz CT molecular complexity index is 1200. The van der Waals surface area contributed by atoms with Crippen LogP contribution in [0.2, 0.25) is 0 Å². The molecule has 4 aromatic carbocycles. The second-order valence-corrected chi connectivity index (χ2v) is 8.07. The van der Waals surface area contributed by atoms with E-state index in [1.165, 1.54) is 22.3 Å². The number of phenolic OH excluding ortho intramolecular Hbond substituents is 1. The highest BCUT2D eigenvalue weighted by atomic mass is 16.3. The van der Waals surface area contributed by atoms with Gasteiger partial charge in [0.15, 0.2) is 0 Å². The van der Waals surface area contributed by atoms with E-state index in [1.807, 2.05) is 18.3 Å². The SMILES string of the molecule is Oc1ccc2[nH]cc(CCNC(c3ccccc3)(c3ccccc3)c3ccccc3)c2c1. The molecule has 32 heavy (non-hydrogen) atoms. The van der Waals surface area contributed by atoms with Gasteiger partial charge in [0.1, 0.15) is 5.75 Å². The predicted molar refractivity (Wildman–Crippen MR) is 131 cm³/mol. The third-order valence-electron chi connectivity index (χ3n) is 6.16. The van der Waals surface area contributed by atoms with Gasteiger partial charge in [-0.1, -0.05) is 91.0 Å². The number of H-pyrrole nitrogens is 1.